The molecule has 0 amide bonds. The van der Waals surface area contributed by atoms with Crippen molar-refractivity contribution in [2.24, 2.45) is 5.73 Å². The van der Waals surface area contributed by atoms with E-state index in [-0.39, 0.29) is 18.1 Å². The van der Waals surface area contributed by atoms with Crippen molar-refractivity contribution in [1.29, 1.82) is 5.26 Å². The first-order valence-corrected chi connectivity index (χ1v) is 7.33. The van der Waals surface area contributed by atoms with Crippen LogP contribution in [0.4, 0.5) is 0 Å². The van der Waals surface area contributed by atoms with Gasteiger partial charge in [0.25, 0.3) is 0 Å². The third-order valence-electron chi connectivity index (χ3n) is 3.15. The fourth-order valence-electron chi connectivity index (χ4n) is 2.25. The predicted molar refractivity (Wildman–Crippen MR) is 79.0 cm³/mol. The number of nitrogens with zero attached hydrogens (tertiary/aromatic N) is 1. The summed E-state index contributed by atoms with van der Waals surface area (Å²) in [5.74, 6) is -0.590. The van der Waals surface area contributed by atoms with Crippen molar-refractivity contribution < 1.29 is 14.3 Å². The highest BCUT2D eigenvalue weighted by molar-refractivity contribution is 7.12. The Morgan fingerprint density at radius 3 is 2.76 bits per heavy atom. The molecule has 110 valence electrons. The number of rotatable bonds is 3. The molecule has 0 aromatic carbocycles. The van der Waals surface area contributed by atoms with E-state index in [1.807, 2.05) is 19.1 Å². The Labute approximate surface area is 127 Å². The summed E-state index contributed by atoms with van der Waals surface area (Å²) in [5.41, 5.74) is 6.38. The van der Waals surface area contributed by atoms with Crippen LogP contribution >= 0.6 is 11.3 Å². The largest absolute Gasteiger partial charge is 0.463 e. The Balaban J connectivity index is 2.57. The summed E-state index contributed by atoms with van der Waals surface area (Å²) in [6.45, 7) is 5.61. The van der Waals surface area contributed by atoms with Crippen LogP contribution in [0.15, 0.2) is 34.9 Å². The van der Waals surface area contributed by atoms with Crippen LogP contribution in [0.25, 0.3) is 0 Å². The van der Waals surface area contributed by atoms with E-state index in [2.05, 4.69) is 6.07 Å². The summed E-state index contributed by atoms with van der Waals surface area (Å²) in [5, 5.41) is 9.38. The quantitative estimate of drug-likeness (QED) is 0.868. The maximum Gasteiger partial charge on any atom is 0.338 e. The molecule has 2 heterocycles. The molecule has 0 radical (unpaired) electrons. The van der Waals surface area contributed by atoms with E-state index < -0.39 is 11.9 Å². The number of thiophene rings is 1. The predicted octanol–water partition coefficient (Wildman–Crippen LogP) is 2.70. The van der Waals surface area contributed by atoms with Gasteiger partial charge in [0.15, 0.2) is 0 Å². The number of ether oxygens (including phenoxy) is 2. The first-order chi connectivity index (χ1) is 9.99. The number of esters is 1. The van der Waals surface area contributed by atoms with Gasteiger partial charge in [0, 0.05) is 9.75 Å². The Morgan fingerprint density at radius 1 is 1.52 bits per heavy atom. The molecule has 0 fully saturated rings. The van der Waals surface area contributed by atoms with E-state index in [0.717, 1.165) is 9.75 Å². The number of nitriles is 1. The van der Waals surface area contributed by atoms with Gasteiger partial charge in [-0.3, -0.25) is 0 Å². The van der Waals surface area contributed by atoms with Gasteiger partial charge in [-0.05, 0) is 32.9 Å². The van der Waals surface area contributed by atoms with E-state index in [4.69, 9.17) is 15.2 Å². The summed E-state index contributed by atoms with van der Waals surface area (Å²) in [6, 6.07) is 5.89. The van der Waals surface area contributed by atoms with Crippen molar-refractivity contribution in [2.75, 3.05) is 6.61 Å². The fourth-order valence-corrected chi connectivity index (χ4v) is 3.25. The van der Waals surface area contributed by atoms with Crippen molar-refractivity contribution in [3.05, 3.63) is 44.7 Å². The molecule has 21 heavy (non-hydrogen) atoms. The standard InChI is InChI=1S/C15H16N2O3S/c1-4-19-15(18)12-9(3)20-14(17)10(7-16)13(12)11-6-5-8(2)21-11/h5-6,13H,4,17H2,1-3H3/t13-/m1/s1. The highest BCUT2D eigenvalue weighted by Gasteiger charge is 2.36. The lowest BCUT2D eigenvalue weighted by Crippen LogP contribution is -2.25. The Kier molecular flexibility index (Phi) is 4.34. The zero-order valence-electron chi connectivity index (χ0n) is 12.1. The second-order valence-corrected chi connectivity index (χ2v) is 5.88. The third-order valence-corrected chi connectivity index (χ3v) is 4.21. The first kappa shape index (κ1) is 15.1. The number of carbonyl (C=O) groups excluding carboxylic acids is 1. The molecule has 1 atom stereocenters. The van der Waals surface area contributed by atoms with Crippen molar-refractivity contribution >= 4 is 17.3 Å². The molecule has 6 heteroatoms. The van der Waals surface area contributed by atoms with Crippen molar-refractivity contribution in [3.63, 3.8) is 0 Å². The number of nitrogens with two attached hydrogens (primary N) is 1. The van der Waals surface area contributed by atoms with Gasteiger partial charge >= 0.3 is 5.97 Å². The molecule has 0 aliphatic carbocycles. The zero-order valence-corrected chi connectivity index (χ0v) is 12.9. The fraction of sp³-hybridized carbons (Fsp3) is 0.333. The molecule has 2 rings (SSSR count). The Morgan fingerprint density at radius 2 is 2.24 bits per heavy atom. The molecular formula is C15H16N2O3S. The van der Waals surface area contributed by atoms with E-state index >= 15 is 0 Å². The molecule has 0 saturated heterocycles. The molecule has 1 aromatic heterocycles. The van der Waals surface area contributed by atoms with E-state index in [1.165, 1.54) is 11.3 Å². The average molecular weight is 304 g/mol. The van der Waals surface area contributed by atoms with Gasteiger partial charge in [-0.2, -0.15) is 5.26 Å². The minimum absolute atomic E-state index is 0.0408. The molecule has 1 aromatic rings. The maximum absolute atomic E-state index is 12.2. The summed E-state index contributed by atoms with van der Waals surface area (Å²) < 4.78 is 10.4. The molecule has 0 spiro atoms. The molecule has 1 aliphatic rings. The van der Waals surface area contributed by atoms with Crippen LogP contribution < -0.4 is 5.73 Å². The van der Waals surface area contributed by atoms with Gasteiger partial charge in [0.2, 0.25) is 5.88 Å². The van der Waals surface area contributed by atoms with E-state index in [9.17, 15) is 10.1 Å². The number of aryl methyl sites for hydroxylation is 1. The van der Waals surface area contributed by atoms with E-state index in [1.54, 1.807) is 13.8 Å². The van der Waals surface area contributed by atoms with Gasteiger partial charge in [-0.15, -0.1) is 11.3 Å². The molecule has 1 aliphatic heterocycles. The molecule has 0 unspecified atom stereocenters. The van der Waals surface area contributed by atoms with Gasteiger partial charge in [0.05, 0.1) is 18.1 Å². The van der Waals surface area contributed by atoms with Gasteiger partial charge < -0.3 is 15.2 Å². The molecule has 0 saturated carbocycles. The monoisotopic (exact) mass is 304 g/mol. The number of carbonyl (C=O) groups is 1. The molecule has 2 N–H and O–H groups in total. The van der Waals surface area contributed by atoms with Crippen LogP contribution in [0.2, 0.25) is 0 Å². The van der Waals surface area contributed by atoms with Crippen LogP contribution in [0.5, 0.6) is 0 Å². The second kappa shape index (κ2) is 6.02. The summed E-state index contributed by atoms with van der Waals surface area (Å²) in [6.07, 6.45) is 0. The van der Waals surface area contributed by atoms with Crippen LogP contribution in [-0.4, -0.2) is 12.6 Å². The summed E-state index contributed by atoms with van der Waals surface area (Å²) >= 11 is 1.52. The lowest BCUT2D eigenvalue weighted by molar-refractivity contribution is -0.139. The van der Waals surface area contributed by atoms with Gasteiger partial charge in [0.1, 0.15) is 17.4 Å². The van der Waals surface area contributed by atoms with Crippen molar-refractivity contribution in [3.8, 4) is 6.07 Å². The van der Waals surface area contributed by atoms with Crippen molar-refractivity contribution in [2.45, 2.75) is 26.7 Å². The topological polar surface area (TPSA) is 85.3 Å². The normalized spacial score (nSPS) is 18.3. The third kappa shape index (κ3) is 2.78. The Bertz CT molecular complexity index is 679. The lowest BCUT2D eigenvalue weighted by atomic mass is 9.87. The van der Waals surface area contributed by atoms with Gasteiger partial charge in [-0.1, -0.05) is 0 Å². The van der Waals surface area contributed by atoms with Gasteiger partial charge in [-0.25, -0.2) is 4.79 Å². The minimum atomic E-state index is -0.526. The average Bonchev–Trinajstić information content (AvgIpc) is 2.84. The zero-order chi connectivity index (χ0) is 15.6. The number of hydrogen-bond acceptors (Lipinski definition) is 6. The highest BCUT2D eigenvalue weighted by atomic mass is 32.1. The maximum atomic E-state index is 12.2. The van der Waals surface area contributed by atoms with Crippen molar-refractivity contribution in [1.82, 2.24) is 0 Å². The first-order valence-electron chi connectivity index (χ1n) is 6.51. The number of allylic oxidation sites excluding steroid dienone is 2. The molecule has 0 bridgehead atoms. The smallest absolute Gasteiger partial charge is 0.338 e. The second-order valence-electron chi connectivity index (χ2n) is 4.56. The number of hydrogen-bond donors (Lipinski definition) is 1. The minimum Gasteiger partial charge on any atom is -0.463 e. The lowest BCUT2D eigenvalue weighted by Gasteiger charge is -2.25. The van der Waals surface area contributed by atoms with Crippen LogP contribution in [0.3, 0.4) is 0 Å². The SMILES string of the molecule is CCOC(=O)C1=C(C)OC(N)=C(C#N)[C@@H]1c1ccc(C)s1. The van der Waals surface area contributed by atoms with Crippen LogP contribution in [-0.2, 0) is 14.3 Å². The van der Waals surface area contributed by atoms with E-state index in [0.29, 0.717) is 11.3 Å². The summed E-state index contributed by atoms with van der Waals surface area (Å²) in [4.78, 5) is 14.2. The summed E-state index contributed by atoms with van der Waals surface area (Å²) in [7, 11) is 0. The highest BCUT2D eigenvalue weighted by Crippen LogP contribution is 2.41. The van der Waals surface area contributed by atoms with Crippen LogP contribution in [0, 0.1) is 18.3 Å². The Hall–Kier alpha value is -2.26. The molecule has 5 nitrogen and oxygen atoms in total. The molecular weight excluding hydrogens is 288 g/mol. The van der Waals surface area contributed by atoms with Crippen LogP contribution in [0.1, 0.15) is 29.5 Å².